The second-order valence-electron chi connectivity index (χ2n) is 7.34. The van der Waals surface area contributed by atoms with Crippen LogP contribution in [0.15, 0.2) is 53.3 Å². The minimum absolute atomic E-state index is 0.149. The number of hydrogen-bond donors (Lipinski definition) is 1. The molecule has 0 saturated carbocycles. The average Bonchev–Trinajstić information content (AvgIpc) is 2.77. The molecule has 31 heavy (non-hydrogen) atoms. The summed E-state index contributed by atoms with van der Waals surface area (Å²) in [5.74, 6) is -0.133. The molecule has 0 fully saturated rings. The highest BCUT2D eigenvalue weighted by Gasteiger charge is 2.23. The Morgan fingerprint density at radius 2 is 1.84 bits per heavy atom. The third-order valence-electron chi connectivity index (χ3n) is 4.88. The normalized spacial score (nSPS) is 10.9. The topological polar surface area (TPSA) is 93.5 Å². The van der Waals surface area contributed by atoms with Gasteiger partial charge in [0, 0.05) is 23.7 Å². The van der Waals surface area contributed by atoms with Gasteiger partial charge in [0.1, 0.15) is 12.3 Å². The van der Waals surface area contributed by atoms with Gasteiger partial charge in [-0.3, -0.25) is 14.4 Å². The summed E-state index contributed by atoms with van der Waals surface area (Å²) in [6, 6.07) is 13.7. The number of aromatic nitrogens is 2. The summed E-state index contributed by atoms with van der Waals surface area (Å²) in [5, 5.41) is 8.02. The molecule has 3 aromatic rings. The third kappa shape index (κ3) is 4.74. The van der Waals surface area contributed by atoms with Crippen LogP contribution in [0.3, 0.4) is 0 Å². The Hall–Kier alpha value is -3.68. The fraction of sp³-hybridized carbons (Fsp3) is 0.304. The summed E-state index contributed by atoms with van der Waals surface area (Å²) in [6.45, 7) is 5.61. The molecule has 0 aliphatic heterocycles. The van der Waals surface area contributed by atoms with Crippen LogP contribution in [0.1, 0.15) is 37.3 Å². The number of carbonyl (C=O) groups is 2. The highest BCUT2D eigenvalue weighted by atomic mass is 16.5. The van der Waals surface area contributed by atoms with Gasteiger partial charge in [-0.15, -0.1) is 0 Å². The zero-order chi connectivity index (χ0) is 22.5. The molecule has 0 saturated heterocycles. The molecule has 0 atom stereocenters. The largest absolute Gasteiger partial charge is 0.497 e. The molecule has 8 nitrogen and oxygen atoms in total. The predicted molar refractivity (Wildman–Crippen MR) is 120 cm³/mol. The van der Waals surface area contributed by atoms with Crippen molar-refractivity contribution in [3.8, 4) is 5.75 Å². The Kier molecular flexibility index (Phi) is 6.69. The van der Waals surface area contributed by atoms with Crippen molar-refractivity contribution in [1.29, 1.82) is 0 Å². The number of anilines is 1. The molecule has 162 valence electrons. The van der Waals surface area contributed by atoms with Crippen molar-refractivity contribution in [2.24, 2.45) is 0 Å². The zero-order valence-electron chi connectivity index (χ0n) is 18.1. The molecule has 8 heteroatoms. The molecule has 3 rings (SSSR count). The monoisotopic (exact) mass is 422 g/mol. The van der Waals surface area contributed by atoms with Crippen molar-refractivity contribution in [2.45, 2.75) is 26.8 Å². The van der Waals surface area contributed by atoms with E-state index in [1.807, 2.05) is 13.8 Å². The number of amides is 2. The molecule has 0 unspecified atom stereocenters. The summed E-state index contributed by atoms with van der Waals surface area (Å²) < 4.78 is 6.47. The van der Waals surface area contributed by atoms with Crippen molar-refractivity contribution >= 4 is 28.3 Å². The van der Waals surface area contributed by atoms with Gasteiger partial charge in [-0.25, -0.2) is 4.68 Å². The van der Waals surface area contributed by atoms with E-state index < -0.39 is 5.91 Å². The van der Waals surface area contributed by atoms with E-state index in [0.29, 0.717) is 28.8 Å². The van der Waals surface area contributed by atoms with Gasteiger partial charge < -0.3 is 15.0 Å². The van der Waals surface area contributed by atoms with Gasteiger partial charge in [0.25, 0.3) is 11.5 Å². The van der Waals surface area contributed by atoms with E-state index in [9.17, 15) is 14.4 Å². The van der Waals surface area contributed by atoms with E-state index in [4.69, 9.17) is 4.74 Å². The maximum atomic E-state index is 13.3. The van der Waals surface area contributed by atoms with Crippen molar-refractivity contribution in [3.05, 3.63) is 64.6 Å². The van der Waals surface area contributed by atoms with Crippen LogP contribution in [-0.4, -0.2) is 46.7 Å². The molecule has 0 spiro atoms. The fourth-order valence-electron chi connectivity index (χ4n) is 3.27. The SMILES string of the molecule is CCN(CC(=O)Nc1cccc(OC)c1)C(=O)c1nn(C(C)C)c(=O)c2ccccc12. The number of hydrogen-bond acceptors (Lipinski definition) is 5. The van der Waals surface area contributed by atoms with Crippen LogP contribution in [-0.2, 0) is 4.79 Å². The molecule has 1 heterocycles. The number of rotatable bonds is 7. The van der Waals surface area contributed by atoms with Crippen molar-refractivity contribution < 1.29 is 14.3 Å². The van der Waals surface area contributed by atoms with Gasteiger partial charge in [-0.1, -0.05) is 24.3 Å². The van der Waals surface area contributed by atoms with Crippen LogP contribution in [0.2, 0.25) is 0 Å². The van der Waals surface area contributed by atoms with Gasteiger partial charge in [-0.05, 0) is 39.0 Å². The Morgan fingerprint density at radius 1 is 1.13 bits per heavy atom. The molecule has 0 radical (unpaired) electrons. The Bertz CT molecular complexity index is 1170. The quantitative estimate of drug-likeness (QED) is 0.632. The molecule has 2 amide bonds. The molecule has 1 N–H and O–H groups in total. The number of ether oxygens (including phenoxy) is 1. The lowest BCUT2D eigenvalue weighted by Crippen LogP contribution is -2.39. The number of benzene rings is 2. The Morgan fingerprint density at radius 3 is 2.48 bits per heavy atom. The van der Waals surface area contributed by atoms with Crippen molar-refractivity contribution in [3.63, 3.8) is 0 Å². The molecule has 0 aliphatic rings. The van der Waals surface area contributed by atoms with Gasteiger partial charge in [0.05, 0.1) is 18.5 Å². The van der Waals surface area contributed by atoms with Gasteiger partial charge in [-0.2, -0.15) is 5.10 Å². The van der Waals surface area contributed by atoms with Crippen LogP contribution in [0, 0.1) is 0 Å². The van der Waals surface area contributed by atoms with Crippen LogP contribution in [0.25, 0.3) is 10.8 Å². The number of methoxy groups -OCH3 is 1. The first-order valence-electron chi connectivity index (χ1n) is 10.1. The number of carbonyl (C=O) groups excluding carboxylic acids is 2. The molecule has 2 aromatic carbocycles. The van der Waals surface area contributed by atoms with E-state index in [1.165, 1.54) is 9.58 Å². The van der Waals surface area contributed by atoms with E-state index in [2.05, 4.69) is 10.4 Å². The minimum atomic E-state index is -0.408. The predicted octanol–water partition coefficient (Wildman–Crippen LogP) is 3.09. The first-order chi connectivity index (χ1) is 14.8. The second kappa shape index (κ2) is 9.42. The first kappa shape index (κ1) is 22.0. The lowest BCUT2D eigenvalue weighted by molar-refractivity contribution is -0.116. The zero-order valence-corrected chi connectivity index (χ0v) is 18.1. The standard InChI is InChI=1S/C23H26N4O4/c1-5-26(14-20(28)24-16-9-8-10-17(13-16)31-4)23(30)21-18-11-6-7-12-19(18)22(29)27(25-21)15(2)3/h6-13,15H,5,14H2,1-4H3,(H,24,28). The van der Waals surface area contributed by atoms with Crippen LogP contribution < -0.4 is 15.6 Å². The van der Waals surface area contributed by atoms with Crippen molar-refractivity contribution in [1.82, 2.24) is 14.7 Å². The summed E-state index contributed by atoms with van der Waals surface area (Å²) in [4.78, 5) is 40.0. The van der Waals surface area contributed by atoms with E-state index in [1.54, 1.807) is 62.6 Å². The van der Waals surface area contributed by atoms with Crippen LogP contribution in [0.4, 0.5) is 5.69 Å². The van der Waals surface area contributed by atoms with E-state index in [-0.39, 0.29) is 29.7 Å². The molecular weight excluding hydrogens is 396 g/mol. The minimum Gasteiger partial charge on any atom is -0.497 e. The Balaban J connectivity index is 1.89. The summed E-state index contributed by atoms with van der Waals surface area (Å²) in [5.41, 5.74) is 0.477. The summed E-state index contributed by atoms with van der Waals surface area (Å²) in [7, 11) is 1.55. The number of nitrogens with zero attached hydrogens (tertiary/aromatic N) is 3. The number of likely N-dealkylation sites (N-methyl/N-ethyl adjacent to an activating group) is 1. The maximum absolute atomic E-state index is 13.3. The first-order valence-corrected chi connectivity index (χ1v) is 10.1. The highest BCUT2D eigenvalue weighted by molar-refractivity contribution is 6.06. The molecule has 1 aromatic heterocycles. The van der Waals surface area contributed by atoms with E-state index in [0.717, 1.165) is 0 Å². The van der Waals surface area contributed by atoms with Crippen LogP contribution in [0.5, 0.6) is 5.75 Å². The second-order valence-corrected chi connectivity index (χ2v) is 7.34. The molecule has 0 aliphatic carbocycles. The fourth-order valence-corrected chi connectivity index (χ4v) is 3.27. The number of nitrogens with one attached hydrogen (secondary N) is 1. The maximum Gasteiger partial charge on any atom is 0.275 e. The van der Waals surface area contributed by atoms with Gasteiger partial charge in [0.2, 0.25) is 5.91 Å². The third-order valence-corrected chi connectivity index (χ3v) is 4.88. The Labute approximate surface area is 180 Å². The van der Waals surface area contributed by atoms with E-state index >= 15 is 0 Å². The lowest BCUT2D eigenvalue weighted by atomic mass is 10.1. The molecule has 0 bridgehead atoms. The van der Waals surface area contributed by atoms with Crippen LogP contribution >= 0.6 is 0 Å². The van der Waals surface area contributed by atoms with Crippen molar-refractivity contribution in [2.75, 3.05) is 25.5 Å². The average molecular weight is 422 g/mol. The summed E-state index contributed by atoms with van der Waals surface area (Å²) >= 11 is 0. The number of fused-ring (bicyclic) bond motifs is 1. The highest BCUT2D eigenvalue weighted by Crippen LogP contribution is 2.18. The summed E-state index contributed by atoms with van der Waals surface area (Å²) in [6.07, 6.45) is 0. The lowest BCUT2D eigenvalue weighted by Gasteiger charge is -2.21. The molecular formula is C23H26N4O4. The smallest absolute Gasteiger partial charge is 0.275 e. The van der Waals surface area contributed by atoms with Gasteiger partial charge >= 0.3 is 0 Å². The van der Waals surface area contributed by atoms with Gasteiger partial charge in [0.15, 0.2) is 5.69 Å².